The summed E-state index contributed by atoms with van der Waals surface area (Å²) in [5.74, 6) is 0. The number of aliphatic hydroxyl groups excluding tert-OH is 1. The van der Waals surface area contributed by atoms with Crippen LogP contribution in [0.5, 0.6) is 0 Å². The Kier molecular flexibility index (Phi) is 7.64. The number of aliphatic hydroxyl groups is 1. The number of nitrogens with zero attached hydrogens (tertiary/aromatic N) is 1. The molecule has 0 bridgehead atoms. The lowest BCUT2D eigenvalue weighted by Crippen LogP contribution is -2.01. The molecule has 3 heteroatoms. The highest BCUT2D eigenvalue weighted by Crippen LogP contribution is 2.00. The topological polar surface area (TPSA) is 42.4 Å². The predicted molar refractivity (Wildman–Crippen MR) is 64.3 cm³/mol. The minimum Gasteiger partial charge on any atom is -0.396 e. The van der Waals surface area contributed by atoms with Crippen molar-refractivity contribution in [3.05, 3.63) is 30.1 Å². The van der Waals surface area contributed by atoms with E-state index >= 15 is 0 Å². The van der Waals surface area contributed by atoms with Gasteiger partial charge in [0.1, 0.15) is 0 Å². The number of aromatic nitrogens is 1. The van der Waals surface area contributed by atoms with Crippen LogP contribution in [0.1, 0.15) is 31.4 Å². The van der Waals surface area contributed by atoms with Crippen molar-refractivity contribution in [1.29, 1.82) is 0 Å². The van der Waals surface area contributed by atoms with Gasteiger partial charge in [0.05, 0.1) is 6.61 Å². The quantitative estimate of drug-likeness (QED) is 0.652. The maximum Gasteiger partial charge on any atom is 0.0521 e. The van der Waals surface area contributed by atoms with Crippen molar-refractivity contribution >= 4 is 0 Å². The van der Waals surface area contributed by atoms with Crippen molar-refractivity contribution in [2.24, 2.45) is 0 Å². The first-order valence-corrected chi connectivity index (χ1v) is 6.02. The van der Waals surface area contributed by atoms with Gasteiger partial charge in [-0.15, -0.1) is 0 Å². The summed E-state index contributed by atoms with van der Waals surface area (Å²) in [4.78, 5) is 4.23. The van der Waals surface area contributed by atoms with Crippen LogP contribution in [0.3, 0.4) is 0 Å². The lowest BCUT2D eigenvalue weighted by atomic mass is 10.2. The second-order valence-corrected chi connectivity index (χ2v) is 3.82. The monoisotopic (exact) mass is 223 g/mol. The Hall–Kier alpha value is -0.930. The maximum absolute atomic E-state index is 8.59. The van der Waals surface area contributed by atoms with E-state index in [1.807, 2.05) is 24.4 Å². The molecule has 0 aromatic carbocycles. The Labute approximate surface area is 97.5 Å². The molecule has 0 saturated carbocycles. The smallest absolute Gasteiger partial charge is 0.0521 e. The van der Waals surface area contributed by atoms with Crippen molar-refractivity contribution < 1.29 is 9.84 Å². The molecule has 0 aliphatic heterocycles. The molecule has 1 rings (SSSR count). The number of ether oxygens (including phenoxy) is 1. The van der Waals surface area contributed by atoms with Crippen LogP contribution < -0.4 is 0 Å². The van der Waals surface area contributed by atoms with Gasteiger partial charge in [-0.25, -0.2) is 0 Å². The highest BCUT2D eigenvalue weighted by atomic mass is 16.5. The lowest BCUT2D eigenvalue weighted by molar-refractivity contribution is 0.131. The standard InChI is InChI=1S/C13H21NO2/c15-10-5-1-2-6-11-16-12-8-13-7-3-4-9-14-13/h3-4,7,9,15H,1-2,5-6,8,10-12H2. The van der Waals surface area contributed by atoms with E-state index in [0.717, 1.165) is 51.0 Å². The summed E-state index contributed by atoms with van der Waals surface area (Å²) in [6, 6.07) is 5.94. The molecule has 0 aliphatic rings. The van der Waals surface area contributed by atoms with Crippen LogP contribution in [0.25, 0.3) is 0 Å². The predicted octanol–water partition coefficient (Wildman–Crippen LogP) is 2.19. The number of hydrogen-bond donors (Lipinski definition) is 1. The van der Waals surface area contributed by atoms with E-state index in [0.29, 0.717) is 6.61 Å². The van der Waals surface area contributed by atoms with Crippen LogP contribution in [0.15, 0.2) is 24.4 Å². The van der Waals surface area contributed by atoms with Crippen molar-refractivity contribution in [1.82, 2.24) is 4.98 Å². The lowest BCUT2D eigenvalue weighted by Gasteiger charge is -2.03. The van der Waals surface area contributed by atoms with E-state index in [-0.39, 0.29) is 0 Å². The van der Waals surface area contributed by atoms with E-state index in [4.69, 9.17) is 9.84 Å². The van der Waals surface area contributed by atoms with Gasteiger partial charge in [-0.2, -0.15) is 0 Å². The molecule has 1 N–H and O–H groups in total. The summed E-state index contributed by atoms with van der Waals surface area (Å²) in [6.07, 6.45) is 6.93. The molecular weight excluding hydrogens is 202 g/mol. The average molecular weight is 223 g/mol. The Morgan fingerprint density at radius 3 is 2.69 bits per heavy atom. The maximum atomic E-state index is 8.59. The molecule has 1 heterocycles. The first-order valence-electron chi connectivity index (χ1n) is 6.02. The average Bonchev–Trinajstić information content (AvgIpc) is 2.34. The molecule has 0 spiro atoms. The SMILES string of the molecule is OCCCCCCOCCc1ccccn1. The first-order chi connectivity index (χ1) is 7.93. The fourth-order valence-electron chi connectivity index (χ4n) is 1.49. The van der Waals surface area contributed by atoms with Crippen LogP contribution in [0.2, 0.25) is 0 Å². The van der Waals surface area contributed by atoms with Gasteiger partial charge in [-0.3, -0.25) is 4.98 Å². The second-order valence-electron chi connectivity index (χ2n) is 3.82. The Morgan fingerprint density at radius 1 is 1.06 bits per heavy atom. The highest BCUT2D eigenvalue weighted by Gasteiger charge is 1.94. The largest absolute Gasteiger partial charge is 0.396 e. The number of hydrogen-bond acceptors (Lipinski definition) is 3. The van der Waals surface area contributed by atoms with Crippen molar-refractivity contribution in [3.63, 3.8) is 0 Å². The summed E-state index contributed by atoms with van der Waals surface area (Å²) in [6.45, 7) is 1.87. The van der Waals surface area contributed by atoms with E-state index in [9.17, 15) is 0 Å². The van der Waals surface area contributed by atoms with E-state index in [2.05, 4.69) is 4.98 Å². The zero-order chi connectivity index (χ0) is 11.5. The highest BCUT2D eigenvalue weighted by molar-refractivity contribution is 5.03. The van der Waals surface area contributed by atoms with Crippen LogP contribution in [-0.4, -0.2) is 29.9 Å². The van der Waals surface area contributed by atoms with E-state index in [1.165, 1.54) is 0 Å². The molecule has 0 radical (unpaired) electrons. The van der Waals surface area contributed by atoms with Crippen molar-refractivity contribution in [2.75, 3.05) is 19.8 Å². The zero-order valence-corrected chi connectivity index (χ0v) is 9.77. The molecule has 90 valence electrons. The van der Waals surface area contributed by atoms with Gasteiger partial charge in [-0.1, -0.05) is 18.9 Å². The fraction of sp³-hybridized carbons (Fsp3) is 0.615. The van der Waals surface area contributed by atoms with Gasteiger partial charge in [0.15, 0.2) is 0 Å². The van der Waals surface area contributed by atoms with Gasteiger partial charge < -0.3 is 9.84 Å². The minimum absolute atomic E-state index is 0.306. The third-order valence-corrected chi connectivity index (χ3v) is 2.43. The zero-order valence-electron chi connectivity index (χ0n) is 9.77. The Balaban J connectivity index is 1.89. The van der Waals surface area contributed by atoms with Crippen LogP contribution in [-0.2, 0) is 11.2 Å². The van der Waals surface area contributed by atoms with Crippen molar-refractivity contribution in [2.45, 2.75) is 32.1 Å². The molecule has 0 unspecified atom stereocenters. The number of rotatable bonds is 9. The third-order valence-electron chi connectivity index (χ3n) is 2.43. The summed E-state index contributed by atoms with van der Waals surface area (Å²) in [7, 11) is 0. The molecule has 0 saturated heterocycles. The number of unbranched alkanes of at least 4 members (excludes halogenated alkanes) is 3. The molecule has 1 aromatic heterocycles. The second kappa shape index (κ2) is 9.31. The van der Waals surface area contributed by atoms with Crippen LogP contribution >= 0.6 is 0 Å². The molecular formula is C13H21NO2. The van der Waals surface area contributed by atoms with Crippen LogP contribution in [0.4, 0.5) is 0 Å². The van der Waals surface area contributed by atoms with Gasteiger partial charge in [0.2, 0.25) is 0 Å². The normalized spacial score (nSPS) is 10.6. The molecule has 0 fully saturated rings. The summed E-state index contributed by atoms with van der Waals surface area (Å²) >= 11 is 0. The fourth-order valence-corrected chi connectivity index (χ4v) is 1.49. The van der Waals surface area contributed by atoms with Gasteiger partial charge in [0.25, 0.3) is 0 Å². The first kappa shape index (κ1) is 13.1. The molecule has 3 nitrogen and oxygen atoms in total. The van der Waals surface area contributed by atoms with Crippen molar-refractivity contribution in [3.8, 4) is 0 Å². The summed E-state index contributed by atoms with van der Waals surface area (Å²) in [5.41, 5.74) is 1.09. The Morgan fingerprint density at radius 2 is 1.94 bits per heavy atom. The van der Waals surface area contributed by atoms with Gasteiger partial charge in [-0.05, 0) is 25.0 Å². The number of pyridine rings is 1. The third kappa shape index (κ3) is 6.53. The molecule has 0 amide bonds. The Bertz CT molecular complexity index is 251. The van der Waals surface area contributed by atoms with Gasteiger partial charge >= 0.3 is 0 Å². The van der Waals surface area contributed by atoms with E-state index < -0.39 is 0 Å². The molecule has 0 atom stereocenters. The molecule has 1 aromatic rings. The molecule has 0 aliphatic carbocycles. The van der Waals surface area contributed by atoms with E-state index in [1.54, 1.807) is 0 Å². The minimum atomic E-state index is 0.306. The summed E-state index contributed by atoms with van der Waals surface area (Å²) in [5, 5.41) is 8.59. The summed E-state index contributed by atoms with van der Waals surface area (Å²) < 4.78 is 5.52. The van der Waals surface area contributed by atoms with Gasteiger partial charge in [0, 0.05) is 31.5 Å². The molecule has 16 heavy (non-hydrogen) atoms. The van der Waals surface area contributed by atoms with Crippen LogP contribution in [0, 0.1) is 0 Å².